The van der Waals surface area contributed by atoms with Crippen molar-refractivity contribution < 1.29 is 10.2 Å². The summed E-state index contributed by atoms with van der Waals surface area (Å²) in [5.41, 5.74) is 5.62. The van der Waals surface area contributed by atoms with E-state index in [-0.39, 0.29) is 11.6 Å². The largest absolute Gasteiger partial charge is 0.508 e. The van der Waals surface area contributed by atoms with Gasteiger partial charge < -0.3 is 10.2 Å². The molecule has 5 rings (SSSR count). The number of aromatic nitrogens is 3. The Morgan fingerprint density at radius 3 is 1.97 bits per heavy atom. The third-order valence-corrected chi connectivity index (χ3v) is 5.29. The van der Waals surface area contributed by atoms with Crippen LogP contribution in [-0.2, 0) is 12.8 Å². The lowest BCUT2D eigenvalue weighted by Gasteiger charge is -2.09. The molecule has 0 spiro atoms. The Balaban J connectivity index is 1.66. The molecule has 3 aromatic carbocycles. The zero-order valence-electron chi connectivity index (χ0n) is 16.8. The molecular formula is C26H21N3O2. The topological polar surface area (TPSA) is 70.7 Å². The maximum atomic E-state index is 11.0. The van der Waals surface area contributed by atoms with E-state index in [4.69, 9.17) is 9.97 Å². The van der Waals surface area contributed by atoms with Crippen LogP contribution in [0.1, 0.15) is 22.5 Å². The first-order valence-electron chi connectivity index (χ1n) is 10.1. The standard InChI is InChI=1S/C26H21N3O2/c30-21-13-7-12-20(16-21)24-17-29-25(22(27-24)14-18-8-3-1-4-9-18)28-23(26(29)31)15-19-10-5-2-6-11-19/h1-13,16-17,30-31H,14-15H2. The second-order valence-corrected chi connectivity index (χ2v) is 7.52. The van der Waals surface area contributed by atoms with Crippen LogP contribution in [0.15, 0.2) is 91.1 Å². The van der Waals surface area contributed by atoms with Gasteiger partial charge >= 0.3 is 0 Å². The van der Waals surface area contributed by atoms with Gasteiger partial charge in [0.15, 0.2) is 5.65 Å². The minimum absolute atomic E-state index is 0.108. The summed E-state index contributed by atoms with van der Waals surface area (Å²) in [6.45, 7) is 0. The van der Waals surface area contributed by atoms with Gasteiger partial charge in [0.1, 0.15) is 11.4 Å². The maximum Gasteiger partial charge on any atom is 0.219 e. The number of rotatable bonds is 5. The molecule has 5 aromatic rings. The van der Waals surface area contributed by atoms with Crippen LogP contribution in [0.3, 0.4) is 0 Å². The molecule has 5 heteroatoms. The lowest BCUT2D eigenvalue weighted by atomic mass is 10.1. The van der Waals surface area contributed by atoms with Crippen LogP contribution in [0, 0.1) is 0 Å². The monoisotopic (exact) mass is 407 g/mol. The molecule has 0 aliphatic heterocycles. The summed E-state index contributed by atoms with van der Waals surface area (Å²) in [4.78, 5) is 9.62. The van der Waals surface area contributed by atoms with Crippen LogP contribution < -0.4 is 0 Å². The molecule has 0 aliphatic carbocycles. The van der Waals surface area contributed by atoms with Crippen molar-refractivity contribution >= 4 is 5.65 Å². The molecule has 0 atom stereocenters. The average molecular weight is 407 g/mol. The van der Waals surface area contributed by atoms with Crippen molar-refractivity contribution in [3.05, 3.63) is 114 Å². The Kier molecular flexibility index (Phi) is 4.84. The van der Waals surface area contributed by atoms with Crippen molar-refractivity contribution in [1.29, 1.82) is 0 Å². The quantitative estimate of drug-likeness (QED) is 0.431. The van der Waals surface area contributed by atoms with Gasteiger partial charge in [-0.25, -0.2) is 9.97 Å². The summed E-state index contributed by atoms with van der Waals surface area (Å²) in [7, 11) is 0. The minimum Gasteiger partial charge on any atom is -0.508 e. The van der Waals surface area contributed by atoms with E-state index in [2.05, 4.69) is 0 Å². The van der Waals surface area contributed by atoms with Crippen LogP contribution in [0.4, 0.5) is 0 Å². The van der Waals surface area contributed by atoms with Crippen LogP contribution in [-0.4, -0.2) is 24.6 Å². The van der Waals surface area contributed by atoms with E-state index < -0.39 is 0 Å². The first-order chi connectivity index (χ1) is 15.2. The van der Waals surface area contributed by atoms with Gasteiger partial charge in [-0.3, -0.25) is 4.40 Å². The van der Waals surface area contributed by atoms with Gasteiger partial charge in [0.05, 0.1) is 11.4 Å². The van der Waals surface area contributed by atoms with Gasteiger partial charge in [-0.2, -0.15) is 0 Å². The Morgan fingerprint density at radius 2 is 1.32 bits per heavy atom. The van der Waals surface area contributed by atoms with E-state index in [1.807, 2.05) is 66.7 Å². The van der Waals surface area contributed by atoms with Crippen molar-refractivity contribution in [3.8, 4) is 22.9 Å². The molecule has 2 N–H and O–H groups in total. The van der Waals surface area contributed by atoms with Crippen LogP contribution in [0.5, 0.6) is 11.6 Å². The molecular weight excluding hydrogens is 386 g/mol. The van der Waals surface area contributed by atoms with Crippen LogP contribution in [0.25, 0.3) is 16.9 Å². The minimum atomic E-state index is 0.108. The summed E-state index contributed by atoms with van der Waals surface area (Å²) in [6.07, 6.45) is 2.88. The summed E-state index contributed by atoms with van der Waals surface area (Å²) in [6, 6.07) is 27.0. The van der Waals surface area contributed by atoms with Crippen molar-refractivity contribution in [3.63, 3.8) is 0 Å². The molecule has 0 fully saturated rings. The molecule has 0 saturated carbocycles. The number of hydrogen-bond acceptors (Lipinski definition) is 4. The number of imidazole rings is 1. The predicted octanol–water partition coefficient (Wildman–Crippen LogP) is 4.99. The highest BCUT2D eigenvalue weighted by Gasteiger charge is 2.18. The molecule has 5 nitrogen and oxygen atoms in total. The van der Waals surface area contributed by atoms with Crippen molar-refractivity contribution in [2.75, 3.05) is 0 Å². The van der Waals surface area contributed by atoms with E-state index in [0.29, 0.717) is 29.9 Å². The number of fused-ring (bicyclic) bond motifs is 1. The van der Waals surface area contributed by atoms with Crippen LogP contribution >= 0.6 is 0 Å². The molecule has 2 aromatic heterocycles. The zero-order valence-corrected chi connectivity index (χ0v) is 16.8. The number of nitrogens with zero attached hydrogens (tertiary/aromatic N) is 3. The predicted molar refractivity (Wildman–Crippen MR) is 120 cm³/mol. The summed E-state index contributed by atoms with van der Waals surface area (Å²) in [5.74, 6) is 0.278. The van der Waals surface area contributed by atoms with Crippen molar-refractivity contribution in [2.24, 2.45) is 0 Å². The van der Waals surface area contributed by atoms with Gasteiger partial charge in [-0.15, -0.1) is 0 Å². The second kappa shape index (κ2) is 7.95. The van der Waals surface area contributed by atoms with Crippen molar-refractivity contribution in [2.45, 2.75) is 12.8 Å². The first kappa shape index (κ1) is 18.9. The highest BCUT2D eigenvalue weighted by Crippen LogP contribution is 2.29. The van der Waals surface area contributed by atoms with Crippen LogP contribution in [0.2, 0.25) is 0 Å². The molecule has 152 valence electrons. The Morgan fingerprint density at radius 1 is 0.677 bits per heavy atom. The van der Waals surface area contributed by atoms with E-state index in [0.717, 1.165) is 22.4 Å². The van der Waals surface area contributed by atoms with E-state index in [1.54, 1.807) is 28.8 Å². The van der Waals surface area contributed by atoms with Gasteiger partial charge in [0, 0.05) is 24.6 Å². The third-order valence-electron chi connectivity index (χ3n) is 5.29. The SMILES string of the molecule is Oc1cccc(-c2cn3c(O)c(Cc4ccccc4)nc3c(Cc3ccccc3)n2)c1. The number of phenolic OH excluding ortho intramolecular Hbond substituents is 1. The number of benzene rings is 3. The van der Waals surface area contributed by atoms with Gasteiger partial charge in [0.25, 0.3) is 0 Å². The highest BCUT2D eigenvalue weighted by atomic mass is 16.3. The number of aromatic hydroxyl groups is 2. The summed E-state index contributed by atoms with van der Waals surface area (Å²) in [5, 5.41) is 20.9. The lowest BCUT2D eigenvalue weighted by molar-refractivity contribution is 0.442. The second-order valence-electron chi connectivity index (χ2n) is 7.52. The van der Waals surface area contributed by atoms with Gasteiger partial charge in [0.2, 0.25) is 5.88 Å². The molecule has 0 bridgehead atoms. The smallest absolute Gasteiger partial charge is 0.219 e. The molecule has 0 unspecified atom stereocenters. The fraction of sp³-hybridized carbons (Fsp3) is 0.0769. The highest BCUT2D eigenvalue weighted by molar-refractivity contribution is 5.64. The Labute approximate surface area is 179 Å². The maximum absolute atomic E-state index is 11.0. The molecule has 2 heterocycles. The van der Waals surface area contributed by atoms with Crippen molar-refractivity contribution in [1.82, 2.24) is 14.4 Å². The molecule has 0 amide bonds. The van der Waals surface area contributed by atoms with Gasteiger partial charge in [-0.1, -0.05) is 72.8 Å². The Bertz CT molecular complexity index is 1350. The molecule has 0 aliphatic rings. The molecule has 0 saturated heterocycles. The third kappa shape index (κ3) is 3.85. The van der Waals surface area contributed by atoms with E-state index in [1.165, 1.54) is 0 Å². The fourth-order valence-corrected chi connectivity index (χ4v) is 3.76. The summed E-state index contributed by atoms with van der Waals surface area (Å²) >= 11 is 0. The van der Waals surface area contributed by atoms with Gasteiger partial charge in [-0.05, 0) is 23.3 Å². The van der Waals surface area contributed by atoms with E-state index >= 15 is 0 Å². The molecule has 31 heavy (non-hydrogen) atoms. The Hall–Kier alpha value is -4.12. The normalized spacial score (nSPS) is 11.1. The zero-order chi connectivity index (χ0) is 21.2. The molecule has 0 radical (unpaired) electrons. The average Bonchev–Trinajstić information content (AvgIpc) is 3.11. The van der Waals surface area contributed by atoms with E-state index in [9.17, 15) is 10.2 Å². The fourth-order valence-electron chi connectivity index (χ4n) is 3.76. The lowest BCUT2D eigenvalue weighted by Crippen LogP contribution is -2.00. The number of hydrogen-bond donors (Lipinski definition) is 2. The summed E-state index contributed by atoms with van der Waals surface area (Å²) < 4.78 is 1.70. The number of phenols is 1. The first-order valence-corrected chi connectivity index (χ1v) is 10.1.